The van der Waals surface area contributed by atoms with Crippen molar-refractivity contribution in [2.24, 2.45) is 5.92 Å². The van der Waals surface area contributed by atoms with Crippen LogP contribution < -0.4 is 5.32 Å². The molecule has 6 nitrogen and oxygen atoms in total. The van der Waals surface area contributed by atoms with Crippen molar-refractivity contribution in [3.63, 3.8) is 0 Å². The number of non-ortho nitro benzene ring substituents is 1. The summed E-state index contributed by atoms with van der Waals surface area (Å²) < 4.78 is 0. The van der Waals surface area contributed by atoms with Crippen LogP contribution in [0.1, 0.15) is 53.7 Å². The van der Waals surface area contributed by atoms with Crippen LogP contribution in [0.2, 0.25) is 0 Å². The molecule has 2 aliphatic rings. The minimum absolute atomic E-state index is 0.0637. The van der Waals surface area contributed by atoms with Gasteiger partial charge in [0.15, 0.2) is 0 Å². The standard InChI is InChI=1S/C23H25N3O3/c1-3-25(4-2)23(27)16-10-13-21-20(14-16)18-6-5-7-19(18)22(24-21)15-8-11-17(12-9-15)26(28)29/h5-6,8-14,18-19,22,24H,3-4,7H2,1-2H3/t18-,19+,22-/m1/s1. The summed E-state index contributed by atoms with van der Waals surface area (Å²) in [5.74, 6) is 0.618. The van der Waals surface area contributed by atoms with Crippen LogP contribution in [0.4, 0.5) is 11.4 Å². The Morgan fingerprint density at radius 1 is 1.17 bits per heavy atom. The molecule has 0 saturated carbocycles. The number of rotatable bonds is 5. The Morgan fingerprint density at radius 2 is 1.90 bits per heavy atom. The molecule has 1 amide bonds. The molecule has 1 heterocycles. The van der Waals surface area contributed by atoms with Crippen LogP contribution in [0.3, 0.4) is 0 Å². The highest BCUT2D eigenvalue weighted by Gasteiger charge is 2.38. The fourth-order valence-corrected chi connectivity index (χ4v) is 4.55. The second-order valence-electron chi connectivity index (χ2n) is 7.60. The molecule has 0 spiro atoms. The van der Waals surface area contributed by atoms with Gasteiger partial charge in [-0.25, -0.2) is 0 Å². The summed E-state index contributed by atoms with van der Waals surface area (Å²) in [6.07, 6.45) is 5.37. The maximum absolute atomic E-state index is 12.8. The fourth-order valence-electron chi connectivity index (χ4n) is 4.55. The van der Waals surface area contributed by atoms with Crippen LogP contribution in [-0.4, -0.2) is 28.8 Å². The molecule has 0 bridgehead atoms. The van der Waals surface area contributed by atoms with E-state index in [0.717, 1.165) is 28.8 Å². The van der Waals surface area contributed by atoms with Crippen LogP contribution in [0, 0.1) is 16.0 Å². The van der Waals surface area contributed by atoms with Gasteiger partial charge in [-0.1, -0.05) is 24.3 Å². The Hall–Kier alpha value is -3.15. The number of nitrogens with one attached hydrogen (secondary N) is 1. The first-order valence-electron chi connectivity index (χ1n) is 10.1. The molecular formula is C23H25N3O3. The van der Waals surface area contributed by atoms with E-state index in [2.05, 4.69) is 17.5 Å². The van der Waals surface area contributed by atoms with Gasteiger partial charge in [-0.15, -0.1) is 0 Å². The van der Waals surface area contributed by atoms with E-state index in [9.17, 15) is 14.9 Å². The molecule has 0 radical (unpaired) electrons. The first kappa shape index (κ1) is 19.2. The van der Waals surface area contributed by atoms with Gasteiger partial charge in [0.25, 0.3) is 11.6 Å². The van der Waals surface area contributed by atoms with E-state index in [1.54, 1.807) is 12.1 Å². The van der Waals surface area contributed by atoms with Gasteiger partial charge in [-0.2, -0.15) is 0 Å². The second kappa shape index (κ2) is 7.70. The summed E-state index contributed by atoms with van der Waals surface area (Å²) in [5.41, 5.74) is 4.05. The highest BCUT2D eigenvalue weighted by atomic mass is 16.6. The molecule has 6 heteroatoms. The van der Waals surface area contributed by atoms with Crippen molar-refractivity contribution in [1.82, 2.24) is 4.90 Å². The lowest BCUT2D eigenvalue weighted by Crippen LogP contribution is -2.32. The Balaban J connectivity index is 1.67. The minimum Gasteiger partial charge on any atom is -0.378 e. The van der Waals surface area contributed by atoms with Crippen LogP contribution >= 0.6 is 0 Å². The number of hydrogen-bond donors (Lipinski definition) is 1. The molecule has 0 unspecified atom stereocenters. The maximum Gasteiger partial charge on any atom is 0.269 e. The van der Waals surface area contributed by atoms with Crippen LogP contribution in [0.15, 0.2) is 54.6 Å². The number of allylic oxidation sites excluding steroid dienone is 2. The highest BCUT2D eigenvalue weighted by molar-refractivity contribution is 5.95. The Morgan fingerprint density at radius 3 is 2.55 bits per heavy atom. The molecule has 0 saturated heterocycles. The van der Waals surface area contributed by atoms with E-state index < -0.39 is 0 Å². The van der Waals surface area contributed by atoms with Crippen LogP contribution in [0.5, 0.6) is 0 Å². The van der Waals surface area contributed by atoms with Crippen molar-refractivity contribution in [1.29, 1.82) is 0 Å². The summed E-state index contributed by atoms with van der Waals surface area (Å²) in [4.78, 5) is 25.2. The molecule has 2 aromatic rings. The first-order chi connectivity index (χ1) is 14.0. The average Bonchev–Trinajstić information content (AvgIpc) is 3.24. The fraction of sp³-hybridized carbons (Fsp3) is 0.348. The number of nitro benzene ring substituents is 1. The molecule has 0 aromatic heterocycles. The van der Waals surface area contributed by atoms with Gasteiger partial charge in [0.05, 0.1) is 11.0 Å². The minimum atomic E-state index is -0.373. The largest absolute Gasteiger partial charge is 0.378 e. The number of nitrogens with zero attached hydrogens (tertiary/aromatic N) is 2. The number of hydrogen-bond acceptors (Lipinski definition) is 4. The third kappa shape index (κ3) is 3.39. The van der Waals surface area contributed by atoms with Crippen molar-refractivity contribution in [3.05, 3.63) is 81.4 Å². The number of nitro groups is 1. The molecular weight excluding hydrogens is 366 g/mol. The third-order valence-electron chi connectivity index (χ3n) is 6.12. The lowest BCUT2D eigenvalue weighted by molar-refractivity contribution is -0.384. The normalized spacial score (nSPS) is 21.8. The maximum atomic E-state index is 12.8. The Bertz CT molecular complexity index is 964. The van der Waals surface area contributed by atoms with E-state index in [1.165, 1.54) is 0 Å². The van der Waals surface area contributed by atoms with E-state index in [1.807, 2.05) is 49.1 Å². The molecule has 150 valence electrons. The zero-order valence-corrected chi connectivity index (χ0v) is 16.7. The van der Waals surface area contributed by atoms with Gasteiger partial charge >= 0.3 is 0 Å². The van der Waals surface area contributed by atoms with Gasteiger partial charge in [-0.05, 0) is 55.5 Å². The molecule has 29 heavy (non-hydrogen) atoms. The third-order valence-corrected chi connectivity index (χ3v) is 6.12. The summed E-state index contributed by atoms with van der Waals surface area (Å²) in [5, 5.41) is 14.6. The lowest BCUT2D eigenvalue weighted by Gasteiger charge is -2.37. The number of amides is 1. The predicted molar refractivity (Wildman–Crippen MR) is 113 cm³/mol. The molecule has 4 rings (SSSR count). The first-order valence-corrected chi connectivity index (χ1v) is 10.1. The van der Waals surface area contributed by atoms with E-state index in [4.69, 9.17) is 0 Å². The van der Waals surface area contributed by atoms with Gasteiger partial charge in [-0.3, -0.25) is 14.9 Å². The van der Waals surface area contributed by atoms with Gasteiger partial charge in [0, 0.05) is 42.4 Å². The number of benzene rings is 2. The van der Waals surface area contributed by atoms with Crippen molar-refractivity contribution >= 4 is 17.3 Å². The summed E-state index contributed by atoms with van der Waals surface area (Å²) in [6.45, 7) is 5.37. The molecule has 2 aromatic carbocycles. The van der Waals surface area contributed by atoms with Crippen molar-refractivity contribution < 1.29 is 9.72 Å². The summed E-state index contributed by atoms with van der Waals surface area (Å²) >= 11 is 0. The molecule has 1 aliphatic carbocycles. The van der Waals surface area contributed by atoms with Gasteiger partial charge < -0.3 is 10.2 Å². The van der Waals surface area contributed by atoms with Crippen LogP contribution in [0.25, 0.3) is 0 Å². The number of carbonyl (C=O) groups is 1. The summed E-state index contributed by atoms with van der Waals surface area (Å²) in [6, 6.07) is 12.8. The molecule has 0 fully saturated rings. The molecule has 1 N–H and O–H groups in total. The number of fused-ring (bicyclic) bond motifs is 3. The van der Waals surface area contributed by atoms with Crippen molar-refractivity contribution in [2.45, 2.75) is 32.2 Å². The SMILES string of the molecule is CCN(CC)C(=O)c1ccc2c(c1)[C@@H]1C=CC[C@@H]1[C@@H](c1ccc([N+](=O)[O-])cc1)N2. The average molecular weight is 391 g/mol. The second-order valence-corrected chi connectivity index (χ2v) is 7.60. The summed E-state index contributed by atoms with van der Waals surface area (Å²) in [7, 11) is 0. The van der Waals surface area contributed by atoms with Crippen molar-refractivity contribution in [2.75, 3.05) is 18.4 Å². The zero-order chi connectivity index (χ0) is 20.5. The molecule has 3 atom stereocenters. The Kier molecular flexibility index (Phi) is 5.09. The van der Waals surface area contributed by atoms with E-state index in [0.29, 0.717) is 19.0 Å². The molecule has 1 aliphatic heterocycles. The number of anilines is 1. The smallest absolute Gasteiger partial charge is 0.269 e. The number of carbonyl (C=O) groups excluding carboxylic acids is 1. The van der Waals surface area contributed by atoms with Crippen LogP contribution in [-0.2, 0) is 0 Å². The van der Waals surface area contributed by atoms with Crippen molar-refractivity contribution in [3.8, 4) is 0 Å². The van der Waals surface area contributed by atoms with Gasteiger partial charge in [0.1, 0.15) is 0 Å². The zero-order valence-electron chi connectivity index (χ0n) is 16.7. The topological polar surface area (TPSA) is 75.5 Å². The van der Waals surface area contributed by atoms with Gasteiger partial charge in [0.2, 0.25) is 0 Å². The van der Waals surface area contributed by atoms with E-state index in [-0.39, 0.29) is 28.5 Å². The quantitative estimate of drug-likeness (QED) is 0.447. The predicted octanol–water partition coefficient (Wildman–Crippen LogP) is 4.90. The monoisotopic (exact) mass is 391 g/mol. The van der Waals surface area contributed by atoms with E-state index >= 15 is 0 Å². The lowest BCUT2D eigenvalue weighted by atomic mass is 9.76. The highest BCUT2D eigenvalue weighted by Crippen LogP contribution is 2.50. The Labute approximate surface area is 170 Å².